The Morgan fingerprint density at radius 3 is 2.59 bits per heavy atom. The third kappa shape index (κ3) is 2.61. The summed E-state index contributed by atoms with van der Waals surface area (Å²) in [7, 11) is 0. The van der Waals surface area contributed by atoms with Crippen molar-refractivity contribution in [1.29, 1.82) is 0 Å². The van der Waals surface area contributed by atoms with E-state index in [-0.39, 0.29) is 17.0 Å². The van der Waals surface area contributed by atoms with Crippen molar-refractivity contribution in [1.82, 2.24) is 5.32 Å². The van der Waals surface area contributed by atoms with Crippen molar-refractivity contribution < 1.29 is 9.18 Å². The molecule has 1 aromatic carbocycles. The van der Waals surface area contributed by atoms with Crippen LogP contribution < -0.4 is 5.32 Å². The molecule has 0 unspecified atom stereocenters. The number of hydrogen-bond acceptors (Lipinski definition) is 2. The van der Waals surface area contributed by atoms with Crippen molar-refractivity contribution >= 4 is 11.9 Å². The van der Waals surface area contributed by atoms with Gasteiger partial charge >= 0.3 is 0 Å². The fourth-order valence-corrected chi connectivity index (χ4v) is 1.98. The van der Waals surface area contributed by atoms with Crippen LogP contribution in [0.4, 0.5) is 4.39 Å². The van der Waals surface area contributed by atoms with E-state index in [4.69, 9.17) is 0 Å². The first-order chi connectivity index (χ1) is 7.99. The molecule has 90 valence electrons. The summed E-state index contributed by atoms with van der Waals surface area (Å²) in [6, 6.07) is 6.16. The minimum atomic E-state index is -0.357. The summed E-state index contributed by atoms with van der Waals surface area (Å²) in [5.74, 6) is -0.0962. The van der Waals surface area contributed by atoms with Crippen LogP contribution in [0.3, 0.4) is 0 Å². The standard InChI is InChI=1S/C14H16FNO/c1-14(2)9-16-8-11(13(14)17)7-10-3-5-12(15)6-4-10/h3-7,16H,8-9H2,1-2H3/b11-7+. The van der Waals surface area contributed by atoms with E-state index in [9.17, 15) is 9.18 Å². The molecule has 1 heterocycles. The Hall–Kier alpha value is -1.48. The molecule has 2 rings (SSSR count). The number of rotatable bonds is 1. The number of benzene rings is 1. The first-order valence-corrected chi connectivity index (χ1v) is 5.71. The Kier molecular flexibility index (Phi) is 3.11. The van der Waals surface area contributed by atoms with Crippen LogP contribution in [0.25, 0.3) is 6.08 Å². The normalized spacial score (nSPS) is 21.8. The first kappa shape index (κ1) is 12.0. The van der Waals surface area contributed by atoms with Crippen LogP contribution in [-0.4, -0.2) is 18.9 Å². The second kappa shape index (κ2) is 4.41. The Bertz CT molecular complexity index is 460. The molecular formula is C14H16FNO. The van der Waals surface area contributed by atoms with Gasteiger partial charge in [-0.05, 0) is 23.8 Å². The van der Waals surface area contributed by atoms with E-state index in [1.807, 2.05) is 19.9 Å². The summed E-state index contributed by atoms with van der Waals surface area (Å²) in [5, 5.41) is 3.22. The molecule has 0 aliphatic carbocycles. The molecule has 1 aromatic rings. The van der Waals surface area contributed by atoms with E-state index in [2.05, 4.69) is 5.32 Å². The molecule has 0 amide bonds. The van der Waals surface area contributed by atoms with Crippen LogP contribution in [0.2, 0.25) is 0 Å². The predicted octanol–water partition coefficient (Wildman–Crippen LogP) is 2.41. The fraction of sp³-hybridized carbons (Fsp3) is 0.357. The lowest BCUT2D eigenvalue weighted by atomic mass is 9.80. The molecule has 0 spiro atoms. The van der Waals surface area contributed by atoms with E-state index in [1.165, 1.54) is 12.1 Å². The van der Waals surface area contributed by atoms with E-state index in [0.29, 0.717) is 13.1 Å². The van der Waals surface area contributed by atoms with E-state index >= 15 is 0 Å². The molecule has 17 heavy (non-hydrogen) atoms. The van der Waals surface area contributed by atoms with Gasteiger partial charge in [-0.15, -0.1) is 0 Å². The molecular weight excluding hydrogens is 217 g/mol. The lowest BCUT2D eigenvalue weighted by Gasteiger charge is -2.30. The van der Waals surface area contributed by atoms with Gasteiger partial charge in [-0.3, -0.25) is 4.79 Å². The second-order valence-corrected chi connectivity index (χ2v) is 5.04. The third-order valence-corrected chi connectivity index (χ3v) is 3.00. The van der Waals surface area contributed by atoms with Crippen molar-refractivity contribution in [2.75, 3.05) is 13.1 Å². The van der Waals surface area contributed by atoms with E-state index < -0.39 is 0 Å². The quantitative estimate of drug-likeness (QED) is 0.755. The number of nitrogens with one attached hydrogen (secondary N) is 1. The van der Waals surface area contributed by atoms with Crippen LogP contribution in [0.5, 0.6) is 0 Å². The maximum Gasteiger partial charge on any atom is 0.167 e. The highest BCUT2D eigenvalue weighted by molar-refractivity contribution is 6.04. The van der Waals surface area contributed by atoms with Gasteiger partial charge in [0, 0.05) is 24.1 Å². The van der Waals surface area contributed by atoms with Crippen molar-refractivity contribution in [2.45, 2.75) is 13.8 Å². The third-order valence-electron chi connectivity index (χ3n) is 3.00. The molecule has 1 N–H and O–H groups in total. The zero-order chi connectivity index (χ0) is 12.5. The van der Waals surface area contributed by atoms with Gasteiger partial charge in [0.15, 0.2) is 5.78 Å². The molecule has 1 aliphatic heterocycles. The number of hydrogen-bond donors (Lipinski definition) is 1. The highest BCUT2D eigenvalue weighted by Crippen LogP contribution is 2.25. The summed E-state index contributed by atoms with van der Waals surface area (Å²) >= 11 is 0. The number of carbonyl (C=O) groups excluding carboxylic acids is 1. The monoisotopic (exact) mass is 233 g/mol. The first-order valence-electron chi connectivity index (χ1n) is 5.71. The average molecular weight is 233 g/mol. The minimum Gasteiger partial charge on any atom is -0.312 e. The number of ketones is 1. The topological polar surface area (TPSA) is 29.1 Å². The lowest BCUT2D eigenvalue weighted by Crippen LogP contribution is -2.44. The van der Waals surface area contributed by atoms with Gasteiger partial charge in [0.25, 0.3) is 0 Å². The van der Waals surface area contributed by atoms with Crippen LogP contribution in [0.1, 0.15) is 19.4 Å². The van der Waals surface area contributed by atoms with Crippen LogP contribution >= 0.6 is 0 Å². The Labute approximate surface area is 101 Å². The van der Waals surface area contributed by atoms with Gasteiger partial charge in [-0.2, -0.15) is 0 Å². The van der Waals surface area contributed by atoms with Gasteiger partial charge in [0.05, 0.1) is 0 Å². The maximum atomic E-state index is 12.8. The smallest absolute Gasteiger partial charge is 0.167 e. The summed E-state index contributed by atoms with van der Waals surface area (Å²) in [5.41, 5.74) is 1.26. The average Bonchev–Trinajstić information content (AvgIpc) is 2.28. The van der Waals surface area contributed by atoms with Crippen LogP contribution in [0, 0.1) is 11.2 Å². The lowest BCUT2D eigenvalue weighted by molar-refractivity contribution is -0.124. The number of halogens is 1. The van der Waals surface area contributed by atoms with Crippen LogP contribution in [0.15, 0.2) is 29.8 Å². The van der Waals surface area contributed by atoms with Crippen molar-refractivity contribution in [3.05, 3.63) is 41.2 Å². The largest absolute Gasteiger partial charge is 0.312 e. The zero-order valence-electron chi connectivity index (χ0n) is 10.1. The zero-order valence-corrected chi connectivity index (χ0v) is 10.1. The Morgan fingerprint density at radius 1 is 1.29 bits per heavy atom. The van der Waals surface area contributed by atoms with Gasteiger partial charge < -0.3 is 5.32 Å². The molecule has 0 saturated carbocycles. The summed E-state index contributed by atoms with van der Waals surface area (Å²) in [6.07, 6.45) is 1.83. The minimum absolute atomic E-state index is 0.167. The Balaban J connectivity index is 2.27. The predicted molar refractivity (Wildman–Crippen MR) is 66.0 cm³/mol. The van der Waals surface area contributed by atoms with Crippen molar-refractivity contribution in [2.24, 2.45) is 5.41 Å². The fourth-order valence-electron chi connectivity index (χ4n) is 1.98. The van der Waals surface area contributed by atoms with Gasteiger partial charge in [0.2, 0.25) is 0 Å². The SMILES string of the molecule is CC1(C)CNC/C(=C\c2ccc(F)cc2)C1=O. The highest BCUT2D eigenvalue weighted by atomic mass is 19.1. The second-order valence-electron chi connectivity index (χ2n) is 5.04. The van der Waals surface area contributed by atoms with E-state index in [0.717, 1.165) is 11.1 Å². The van der Waals surface area contributed by atoms with Gasteiger partial charge in [-0.25, -0.2) is 4.39 Å². The summed E-state index contributed by atoms with van der Waals surface area (Å²) in [6.45, 7) is 5.15. The molecule has 1 saturated heterocycles. The molecule has 1 fully saturated rings. The highest BCUT2D eigenvalue weighted by Gasteiger charge is 2.33. The molecule has 0 bridgehead atoms. The summed E-state index contributed by atoms with van der Waals surface area (Å²) < 4.78 is 12.8. The molecule has 0 radical (unpaired) electrons. The van der Waals surface area contributed by atoms with Crippen molar-refractivity contribution in [3.63, 3.8) is 0 Å². The van der Waals surface area contributed by atoms with Crippen LogP contribution in [-0.2, 0) is 4.79 Å². The van der Waals surface area contributed by atoms with Gasteiger partial charge in [-0.1, -0.05) is 26.0 Å². The number of piperidine rings is 1. The number of carbonyl (C=O) groups is 1. The molecule has 0 aromatic heterocycles. The van der Waals surface area contributed by atoms with E-state index in [1.54, 1.807) is 12.1 Å². The summed E-state index contributed by atoms with van der Waals surface area (Å²) in [4.78, 5) is 12.1. The maximum absolute atomic E-state index is 12.8. The van der Waals surface area contributed by atoms with Gasteiger partial charge in [0.1, 0.15) is 5.82 Å². The molecule has 3 heteroatoms. The molecule has 0 atom stereocenters. The Morgan fingerprint density at radius 2 is 1.94 bits per heavy atom. The van der Waals surface area contributed by atoms with Crippen molar-refractivity contribution in [3.8, 4) is 0 Å². The molecule has 2 nitrogen and oxygen atoms in total. The molecule has 1 aliphatic rings. The number of Topliss-reactive ketones (excluding diaryl/α,β-unsaturated/α-hetero) is 1.